The van der Waals surface area contributed by atoms with Crippen LogP contribution >= 0.6 is 0 Å². The molecular formula is C15H21NO5. The van der Waals surface area contributed by atoms with Crippen molar-refractivity contribution >= 4 is 5.78 Å². The third kappa shape index (κ3) is 3.77. The summed E-state index contributed by atoms with van der Waals surface area (Å²) in [5.41, 5.74) is -1.02. The highest BCUT2D eigenvalue weighted by molar-refractivity contribution is 6.00. The smallest absolute Gasteiger partial charge is 0.265 e. The molecule has 0 bridgehead atoms. The van der Waals surface area contributed by atoms with Gasteiger partial charge < -0.3 is 14.6 Å². The van der Waals surface area contributed by atoms with Gasteiger partial charge in [0.15, 0.2) is 11.5 Å². The molecule has 1 heterocycles. The molecule has 0 aliphatic carbocycles. The maximum Gasteiger partial charge on any atom is 0.265 e. The molecule has 0 aromatic carbocycles. The first-order valence-corrected chi connectivity index (χ1v) is 6.70. The Labute approximate surface area is 124 Å². The lowest BCUT2D eigenvalue weighted by atomic mass is 9.92. The highest BCUT2D eigenvalue weighted by Crippen LogP contribution is 2.36. The average molecular weight is 295 g/mol. The number of ether oxygens (including phenoxy) is 2. The van der Waals surface area contributed by atoms with Crippen molar-refractivity contribution in [1.29, 1.82) is 0 Å². The van der Waals surface area contributed by atoms with Gasteiger partial charge in [0.2, 0.25) is 11.6 Å². The minimum absolute atomic E-state index is 0.0280. The Balaban J connectivity index is 3.18. The van der Waals surface area contributed by atoms with Crippen molar-refractivity contribution in [2.45, 2.75) is 26.7 Å². The second-order valence-corrected chi connectivity index (χ2v) is 5.06. The number of methoxy groups -OCH3 is 2. The van der Waals surface area contributed by atoms with Gasteiger partial charge in [0.05, 0.1) is 14.2 Å². The Hall–Kier alpha value is -1.98. The highest BCUT2D eigenvalue weighted by atomic mass is 16.5. The van der Waals surface area contributed by atoms with E-state index in [1.807, 2.05) is 6.92 Å². The quantitative estimate of drug-likeness (QED) is 0.751. The number of aromatic hydroxyl groups is 1. The SMILES string of the molecule is [CH]C(C)CCC(C)C(=O)c1c(O)c(OC)c(OC)[nH]c1=O. The number of carbonyl (C=O) groups excluding carboxylic acids is 1. The molecule has 2 N–H and O–H groups in total. The first-order valence-electron chi connectivity index (χ1n) is 6.70. The fourth-order valence-corrected chi connectivity index (χ4v) is 2.00. The molecule has 0 aliphatic rings. The third-order valence-corrected chi connectivity index (χ3v) is 3.27. The van der Waals surface area contributed by atoms with Crippen LogP contribution in [0.4, 0.5) is 0 Å². The van der Waals surface area contributed by atoms with Crippen LogP contribution < -0.4 is 15.0 Å². The lowest BCUT2D eigenvalue weighted by Crippen LogP contribution is -2.23. The van der Waals surface area contributed by atoms with E-state index in [9.17, 15) is 14.7 Å². The Kier molecular flexibility index (Phi) is 5.81. The zero-order chi connectivity index (χ0) is 16.2. The summed E-state index contributed by atoms with van der Waals surface area (Å²) in [4.78, 5) is 26.7. The minimum Gasteiger partial charge on any atom is -0.503 e. The van der Waals surface area contributed by atoms with Gasteiger partial charge in [0, 0.05) is 5.92 Å². The minimum atomic E-state index is -0.706. The number of H-pyrrole nitrogens is 1. The molecule has 0 saturated heterocycles. The van der Waals surface area contributed by atoms with Crippen LogP contribution in [0, 0.1) is 18.8 Å². The van der Waals surface area contributed by atoms with Gasteiger partial charge in [0.1, 0.15) is 5.56 Å². The third-order valence-electron chi connectivity index (χ3n) is 3.27. The van der Waals surface area contributed by atoms with Crippen molar-refractivity contribution in [3.63, 3.8) is 0 Å². The molecule has 2 atom stereocenters. The number of rotatable bonds is 7. The molecule has 1 rings (SSSR count). The zero-order valence-corrected chi connectivity index (χ0v) is 12.7. The van der Waals surface area contributed by atoms with Crippen molar-refractivity contribution in [3.8, 4) is 17.4 Å². The molecule has 116 valence electrons. The predicted molar refractivity (Wildman–Crippen MR) is 78.0 cm³/mol. The average Bonchev–Trinajstić information content (AvgIpc) is 2.43. The number of aromatic nitrogens is 1. The van der Waals surface area contributed by atoms with E-state index in [1.165, 1.54) is 14.2 Å². The summed E-state index contributed by atoms with van der Waals surface area (Å²) in [6, 6.07) is 0. The van der Waals surface area contributed by atoms with E-state index < -0.39 is 23.0 Å². The van der Waals surface area contributed by atoms with Crippen LogP contribution in [-0.2, 0) is 0 Å². The van der Waals surface area contributed by atoms with Gasteiger partial charge in [-0.2, -0.15) is 0 Å². The Bertz CT molecular complexity index is 562. The van der Waals surface area contributed by atoms with Crippen molar-refractivity contribution in [2.24, 2.45) is 11.8 Å². The number of Topliss-reactive ketones (excluding diaryl/α,β-unsaturated/α-hetero) is 1. The largest absolute Gasteiger partial charge is 0.503 e. The summed E-state index contributed by atoms with van der Waals surface area (Å²) < 4.78 is 9.88. The molecule has 0 saturated carbocycles. The Morgan fingerprint density at radius 1 is 1.29 bits per heavy atom. The summed E-state index contributed by atoms with van der Waals surface area (Å²) in [5, 5.41) is 10.1. The van der Waals surface area contributed by atoms with Crippen LogP contribution in [0.5, 0.6) is 17.4 Å². The van der Waals surface area contributed by atoms with Gasteiger partial charge in [-0.05, 0) is 25.7 Å². The molecule has 2 unspecified atom stereocenters. The van der Waals surface area contributed by atoms with E-state index in [4.69, 9.17) is 16.4 Å². The number of nitrogens with one attached hydrogen (secondary N) is 1. The fraction of sp³-hybridized carbons (Fsp3) is 0.533. The van der Waals surface area contributed by atoms with E-state index in [-0.39, 0.29) is 23.1 Å². The zero-order valence-electron chi connectivity index (χ0n) is 12.7. The maximum atomic E-state index is 12.3. The summed E-state index contributed by atoms with van der Waals surface area (Å²) in [6.07, 6.45) is 1.18. The van der Waals surface area contributed by atoms with Gasteiger partial charge in [-0.1, -0.05) is 13.8 Å². The number of hydrogen-bond donors (Lipinski definition) is 2. The molecular weight excluding hydrogens is 274 g/mol. The van der Waals surface area contributed by atoms with Crippen LogP contribution in [0.2, 0.25) is 0 Å². The van der Waals surface area contributed by atoms with E-state index >= 15 is 0 Å². The lowest BCUT2D eigenvalue weighted by Gasteiger charge is -2.15. The highest BCUT2D eigenvalue weighted by Gasteiger charge is 2.27. The standard InChI is InChI=1S/C15H21NO5/c1-8(2)6-7-9(3)11(17)10-12(18)13(20-4)15(21-5)16-14(10)19/h1,8-9H,6-7H2,2-5H3,(H2,16,18,19). The van der Waals surface area contributed by atoms with E-state index in [2.05, 4.69) is 4.98 Å². The number of carbonyl (C=O) groups is 1. The second-order valence-electron chi connectivity index (χ2n) is 5.06. The number of aromatic amines is 1. The summed E-state index contributed by atoms with van der Waals surface area (Å²) in [5.74, 6) is -1.51. The maximum absolute atomic E-state index is 12.3. The van der Waals surface area contributed by atoms with Crippen molar-refractivity contribution < 1.29 is 19.4 Å². The molecule has 0 aliphatic heterocycles. The van der Waals surface area contributed by atoms with Crippen molar-refractivity contribution in [2.75, 3.05) is 14.2 Å². The predicted octanol–water partition coefficient (Wildman–Crippen LogP) is 2.04. The Morgan fingerprint density at radius 3 is 2.38 bits per heavy atom. The topological polar surface area (TPSA) is 88.6 Å². The molecule has 2 radical (unpaired) electrons. The first kappa shape index (κ1) is 17.1. The van der Waals surface area contributed by atoms with Gasteiger partial charge >= 0.3 is 0 Å². The van der Waals surface area contributed by atoms with Crippen molar-refractivity contribution in [3.05, 3.63) is 22.8 Å². The summed E-state index contributed by atoms with van der Waals surface area (Å²) >= 11 is 0. The van der Waals surface area contributed by atoms with E-state index in [0.717, 1.165) is 0 Å². The monoisotopic (exact) mass is 295 g/mol. The van der Waals surface area contributed by atoms with Crippen LogP contribution in [0.3, 0.4) is 0 Å². The van der Waals surface area contributed by atoms with Gasteiger partial charge in [-0.3, -0.25) is 14.6 Å². The van der Waals surface area contributed by atoms with Crippen LogP contribution in [0.15, 0.2) is 4.79 Å². The molecule has 0 amide bonds. The van der Waals surface area contributed by atoms with Crippen molar-refractivity contribution in [1.82, 2.24) is 4.98 Å². The summed E-state index contributed by atoms with van der Waals surface area (Å²) in [7, 11) is 2.63. The number of hydrogen-bond acceptors (Lipinski definition) is 5. The molecule has 0 fully saturated rings. The van der Waals surface area contributed by atoms with Gasteiger partial charge in [0.25, 0.3) is 5.56 Å². The second kappa shape index (κ2) is 7.15. The van der Waals surface area contributed by atoms with Crippen LogP contribution in [-0.4, -0.2) is 30.1 Å². The summed E-state index contributed by atoms with van der Waals surface area (Å²) in [6.45, 7) is 9.20. The van der Waals surface area contributed by atoms with Gasteiger partial charge in [-0.15, -0.1) is 0 Å². The van der Waals surface area contributed by atoms with Crippen LogP contribution in [0.25, 0.3) is 0 Å². The number of ketones is 1. The molecule has 6 heteroatoms. The Morgan fingerprint density at radius 2 is 1.90 bits per heavy atom. The van der Waals surface area contributed by atoms with E-state index in [0.29, 0.717) is 12.8 Å². The van der Waals surface area contributed by atoms with Crippen LogP contribution in [0.1, 0.15) is 37.0 Å². The molecule has 6 nitrogen and oxygen atoms in total. The molecule has 1 aromatic rings. The fourth-order valence-electron chi connectivity index (χ4n) is 2.00. The lowest BCUT2D eigenvalue weighted by molar-refractivity contribution is 0.0915. The normalized spacial score (nSPS) is 12.3. The van der Waals surface area contributed by atoms with E-state index in [1.54, 1.807) is 6.92 Å². The molecule has 21 heavy (non-hydrogen) atoms. The van der Waals surface area contributed by atoms with Gasteiger partial charge in [-0.25, -0.2) is 0 Å². The first-order chi connectivity index (χ1) is 9.83. The number of pyridine rings is 1. The molecule has 0 spiro atoms. The molecule has 1 aromatic heterocycles.